The van der Waals surface area contributed by atoms with Crippen LogP contribution >= 0.6 is 11.6 Å². The van der Waals surface area contributed by atoms with Crippen molar-refractivity contribution in [1.29, 1.82) is 0 Å². The van der Waals surface area contributed by atoms with Gasteiger partial charge in [0.05, 0.1) is 7.11 Å². The molecule has 1 unspecified atom stereocenters. The van der Waals surface area contributed by atoms with E-state index in [2.05, 4.69) is 23.2 Å². The van der Waals surface area contributed by atoms with E-state index in [-0.39, 0.29) is 17.6 Å². The predicted octanol–water partition coefficient (Wildman–Crippen LogP) is 6.69. The lowest BCUT2D eigenvalue weighted by Gasteiger charge is -2.19. The molecule has 1 atom stereocenters. The van der Waals surface area contributed by atoms with Gasteiger partial charge in [-0.1, -0.05) is 36.4 Å². The van der Waals surface area contributed by atoms with Crippen LogP contribution in [0.2, 0.25) is 0 Å². The Balaban J connectivity index is 1.52. The number of carbonyl (C=O) groups is 1. The Bertz CT molecular complexity index is 1610. The van der Waals surface area contributed by atoms with Crippen LogP contribution in [0.15, 0.2) is 78.9 Å². The molecule has 5 aromatic rings. The van der Waals surface area contributed by atoms with Crippen molar-refractivity contribution in [3.05, 3.63) is 90.1 Å². The summed E-state index contributed by atoms with van der Waals surface area (Å²) >= 11 is 6.43. The topological polar surface area (TPSA) is 65.6 Å². The Labute approximate surface area is 207 Å². The van der Waals surface area contributed by atoms with Gasteiger partial charge in [0, 0.05) is 34.9 Å². The Kier molecular flexibility index (Phi) is 5.15. The fourth-order valence-corrected chi connectivity index (χ4v) is 5.43. The number of phenolic OH excluding ortho intramolecular Hbond substituents is 1. The maximum atomic E-state index is 13.8. The van der Waals surface area contributed by atoms with Gasteiger partial charge in [-0.3, -0.25) is 4.79 Å². The van der Waals surface area contributed by atoms with E-state index in [0.717, 1.165) is 49.8 Å². The van der Waals surface area contributed by atoms with Crippen LogP contribution in [0.1, 0.15) is 22.0 Å². The molecular weight excluding hydrogens is 460 g/mol. The summed E-state index contributed by atoms with van der Waals surface area (Å²) in [6.45, 7) is 0.504. The number of rotatable bonds is 4. The van der Waals surface area contributed by atoms with Crippen LogP contribution in [0, 0.1) is 0 Å². The van der Waals surface area contributed by atoms with Crippen LogP contribution < -0.4 is 9.64 Å². The standard InChI is InChI=1S/C29H23ClN2O3/c1-35-21-9-10-25-18(12-21)13-26(31-25)29(34)32-16-19(15-30)28-23-8-3-2-7-22(23)24(14-27(28)32)17-5-4-6-20(33)11-17/h2-14,19,31,33H,15-16H2,1H3. The molecule has 1 aliphatic rings. The van der Waals surface area contributed by atoms with E-state index in [4.69, 9.17) is 16.3 Å². The number of nitrogens with zero attached hydrogens (tertiary/aromatic N) is 1. The van der Waals surface area contributed by atoms with Gasteiger partial charge in [-0.2, -0.15) is 0 Å². The van der Waals surface area contributed by atoms with Gasteiger partial charge >= 0.3 is 0 Å². The summed E-state index contributed by atoms with van der Waals surface area (Å²) in [6.07, 6.45) is 0. The van der Waals surface area contributed by atoms with E-state index in [1.165, 1.54) is 0 Å². The van der Waals surface area contributed by atoms with Gasteiger partial charge in [0.15, 0.2) is 0 Å². The zero-order chi connectivity index (χ0) is 24.1. The molecule has 2 heterocycles. The third-order valence-electron chi connectivity index (χ3n) is 6.81. The molecule has 2 N–H and O–H groups in total. The molecule has 1 amide bonds. The minimum absolute atomic E-state index is 0.0169. The number of H-pyrrole nitrogens is 1. The lowest BCUT2D eigenvalue weighted by Crippen LogP contribution is -2.30. The lowest BCUT2D eigenvalue weighted by atomic mass is 9.90. The fourth-order valence-electron chi connectivity index (χ4n) is 5.17. The number of hydrogen-bond donors (Lipinski definition) is 2. The number of hydrogen-bond acceptors (Lipinski definition) is 3. The first-order valence-corrected chi connectivity index (χ1v) is 12.0. The van der Waals surface area contributed by atoms with Crippen molar-refractivity contribution in [2.45, 2.75) is 5.92 Å². The van der Waals surface area contributed by atoms with Gasteiger partial charge in [-0.25, -0.2) is 0 Å². The highest BCUT2D eigenvalue weighted by Gasteiger charge is 2.35. The molecule has 1 aromatic heterocycles. The summed E-state index contributed by atoms with van der Waals surface area (Å²) in [5.41, 5.74) is 5.19. The number of aromatic nitrogens is 1. The number of benzene rings is 4. The monoisotopic (exact) mass is 482 g/mol. The first-order chi connectivity index (χ1) is 17.1. The van der Waals surface area contributed by atoms with E-state index < -0.39 is 0 Å². The van der Waals surface area contributed by atoms with Crippen LogP contribution in [0.25, 0.3) is 32.8 Å². The highest BCUT2D eigenvalue weighted by atomic mass is 35.5. The Hall–Kier alpha value is -3.96. The number of nitrogens with one attached hydrogen (secondary N) is 1. The largest absolute Gasteiger partial charge is 0.508 e. The Morgan fingerprint density at radius 2 is 1.89 bits per heavy atom. The van der Waals surface area contributed by atoms with E-state index in [1.807, 2.05) is 53.4 Å². The summed E-state index contributed by atoms with van der Waals surface area (Å²) in [6, 6.07) is 25.0. The SMILES string of the molecule is COc1ccc2[nH]c(C(=O)N3CC(CCl)c4c3cc(-c3cccc(O)c3)c3ccccc43)cc2c1. The number of phenols is 1. The predicted molar refractivity (Wildman–Crippen MR) is 141 cm³/mol. The van der Waals surface area contributed by atoms with Crippen LogP contribution in [-0.4, -0.2) is 35.5 Å². The molecule has 0 spiro atoms. The molecule has 0 saturated heterocycles. The Morgan fingerprint density at radius 3 is 2.66 bits per heavy atom. The van der Waals surface area contributed by atoms with Crippen molar-refractivity contribution >= 4 is 44.9 Å². The smallest absolute Gasteiger partial charge is 0.274 e. The van der Waals surface area contributed by atoms with Crippen LogP contribution in [0.3, 0.4) is 0 Å². The molecule has 0 fully saturated rings. The lowest BCUT2D eigenvalue weighted by molar-refractivity contribution is 0.0984. The van der Waals surface area contributed by atoms with E-state index in [1.54, 1.807) is 19.2 Å². The van der Waals surface area contributed by atoms with E-state index in [0.29, 0.717) is 18.1 Å². The molecule has 6 heteroatoms. The summed E-state index contributed by atoms with van der Waals surface area (Å²) in [7, 11) is 1.63. The third-order valence-corrected chi connectivity index (χ3v) is 7.19. The minimum atomic E-state index is -0.105. The molecule has 0 aliphatic carbocycles. The summed E-state index contributed by atoms with van der Waals surface area (Å²) in [4.78, 5) is 18.9. The molecule has 4 aromatic carbocycles. The van der Waals surface area contributed by atoms with Crippen LogP contribution in [0.5, 0.6) is 11.5 Å². The number of amides is 1. The number of carbonyl (C=O) groups excluding carboxylic acids is 1. The van der Waals surface area contributed by atoms with Crippen molar-refractivity contribution in [2.75, 3.05) is 24.4 Å². The van der Waals surface area contributed by atoms with Gasteiger partial charge in [0.1, 0.15) is 17.2 Å². The van der Waals surface area contributed by atoms with Crippen LogP contribution in [-0.2, 0) is 0 Å². The third kappa shape index (κ3) is 3.51. The number of halogens is 1. The first kappa shape index (κ1) is 21.6. The number of methoxy groups -OCH3 is 1. The second-order valence-electron chi connectivity index (χ2n) is 8.86. The summed E-state index contributed by atoms with van der Waals surface area (Å²) in [5, 5.41) is 13.2. The van der Waals surface area contributed by atoms with Gasteiger partial charge in [0.25, 0.3) is 5.91 Å². The molecule has 1 aliphatic heterocycles. The number of anilines is 1. The molecule has 6 rings (SSSR count). The first-order valence-electron chi connectivity index (χ1n) is 11.5. The van der Waals surface area contributed by atoms with E-state index >= 15 is 0 Å². The van der Waals surface area contributed by atoms with Crippen molar-refractivity contribution < 1.29 is 14.6 Å². The normalized spacial score (nSPS) is 15.0. The maximum absolute atomic E-state index is 13.8. The zero-order valence-corrected chi connectivity index (χ0v) is 19.8. The maximum Gasteiger partial charge on any atom is 0.274 e. The highest BCUT2D eigenvalue weighted by Crippen LogP contribution is 2.46. The van der Waals surface area contributed by atoms with Crippen molar-refractivity contribution in [2.24, 2.45) is 0 Å². The van der Waals surface area contributed by atoms with Crippen molar-refractivity contribution in [1.82, 2.24) is 4.98 Å². The van der Waals surface area contributed by atoms with Crippen LogP contribution in [0.4, 0.5) is 5.69 Å². The number of alkyl halides is 1. The zero-order valence-electron chi connectivity index (χ0n) is 19.1. The molecule has 0 saturated carbocycles. The van der Waals surface area contributed by atoms with Crippen molar-refractivity contribution in [3.8, 4) is 22.6 Å². The van der Waals surface area contributed by atoms with Gasteiger partial charge in [0.2, 0.25) is 0 Å². The Morgan fingerprint density at radius 1 is 1.06 bits per heavy atom. The number of aromatic hydroxyl groups is 1. The molecule has 174 valence electrons. The molecule has 5 nitrogen and oxygen atoms in total. The number of fused-ring (bicyclic) bond motifs is 4. The molecule has 0 radical (unpaired) electrons. The molecular formula is C29H23ClN2O3. The molecule has 0 bridgehead atoms. The average Bonchev–Trinajstić information content (AvgIpc) is 3.49. The number of aromatic amines is 1. The van der Waals surface area contributed by atoms with Crippen molar-refractivity contribution in [3.63, 3.8) is 0 Å². The second kappa shape index (κ2) is 8.36. The fraction of sp³-hybridized carbons (Fsp3) is 0.138. The second-order valence-corrected chi connectivity index (χ2v) is 9.16. The highest BCUT2D eigenvalue weighted by molar-refractivity contribution is 6.19. The van der Waals surface area contributed by atoms with E-state index in [9.17, 15) is 9.90 Å². The number of ether oxygens (including phenoxy) is 1. The quantitative estimate of drug-likeness (QED) is 0.281. The van der Waals surface area contributed by atoms with Gasteiger partial charge in [-0.05, 0) is 69.9 Å². The summed E-state index contributed by atoms with van der Waals surface area (Å²) < 4.78 is 5.33. The van der Waals surface area contributed by atoms with Gasteiger partial charge < -0.3 is 19.7 Å². The average molecular weight is 483 g/mol. The summed E-state index contributed by atoms with van der Waals surface area (Å²) in [5.74, 6) is 1.27. The van der Waals surface area contributed by atoms with Gasteiger partial charge in [-0.15, -0.1) is 11.6 Å². The molecule has 35 heavy (non-hydrogen) atoms. The minimum Gasteiger partial charge on any atom is -0.508 e.